The number of pyridine rings is 1. The van der Waals surface area contributed by atoms with Crippen LogP contribution in [-0.4, -0.2) is 39.2 Å². The first-order chi connectivity index (χ1) is 15.7. The standard InChI is InChI=1S/C25H27ClN4O2/c26-20-7-5-17(6-8-20)16-30-23-4-2-1-3-19(23)13-24(30)25(31)28-15-21-14-22(29-32-21)18-9-11-27-12-10-18/h1-4,9-13,17,20-21H,5-8,14-16H2,(H,28,31). The highest BCUT2D eigenvalue weighted by Gasteiger charge is 2.25. The van der Waals surface area contributed by atoms with Crippen LogP contribution >= 0.6 is 11.6 Å². The molecule has 1 unspecified atom stereocenters. The quantitative estimate of drug-likeness (QED) is 0.550. The van der Waals surface area contributed by atoms with Crippen LogP contribution in [0.2, 0.25) is 0 Å². The van der Waals surface area contributed by atoms with E-state index in [0.29, 0.717) is 30.0 Å². The Bertz CT molecular complexity index is 1120. The Morgan fingerprint density at radius 1 is 1.12 bits per heavy atom. The van der Waals surface area contributed by atoms with Gasteiger partial charge in [-0.2, -0.15) is 0 Å². The highest BCUT2D eigenvalue weighted by atomic mass is 35.5. The van der Waals surface area contributed by atoms with Gasteiger partial charge in [-0.1, -0.05) is 23.4 Å². The van der Waals surface area contributed by atoms with E-state index in [0.717, 1.165) is 54.4 Å². The molecule has 1 saturated carbocycles. The summed E-state index contributed by atoms with van der Waals surface area (Å²) in [4.78, 5) is 22.8. The molecule has 6 nitrogen and oxygen atoms in total. The van der Waals surface area contributed by atoms with Crippen molar-refractivity contribution in [2.45, 2.75) is 50.1 Å². The van der Waals surface area contributed by atoms with Crippen LogP contribution in [0, 0.1) is 5.92 Å². The van der Waals surface area contributed by atoms with Gasteiger partial charge in [-0.15, -0.1) is 11.6 Å². The number of benzene rings is 1. The summed E-state index contributed by atoms with van der Waals surface area (Å²) in [5, 5.41) is 8.64. The van der Waals surface area contributed by atoms with Crippen molar-refractivity contribution in [3.8, 4) is 0 Å². The number of hydrogen-bond donors (Lipinski definition) is 1. The average molecular weight is 451 g/mol. The van der Waals surface area contributed by atoms with Gasteiger partial charge >= 0.3 is 0 Å². The van der Waals surface area contributed by atoms with Gasteiger partial charge in [-0.05, 0) is 55.9 Å². The summed E-state index contributed by atoms with van der Waals surface area (Å²) in [7, 11) is 0. The summed E-state index contributed by atoms with van der Waals surface area (Å²) >= 11 is 6.30. The number of para-hydroxylation sites is 1. The number of amides is 1. The Labute approximate surface area is 192 Å². The molecular formula is C25H27ClN4O2. The van der Waals surface area contributed by atoms with Crippen LogP contribution < -0.4 is 5.32 Å². The Hall–Kier alpha value is -2.86. The minimum atomic E-state index is -0.168. The Balaban J connectivity index is 1.26. The number of rotatable bonds is 6. The summed E-state index contributed by atoms with van der Waals surface area (Å²) < 4.78 is 2.18. The average Bonchev–Trinajstić information content (AvgIpc) is 3.45. The Morgan fingerprint density at radius 3 is 2.72 bits per heavy atom. The van der Waals surface area contributed by atoms with E-state index in [1.165, 1.54) is 0 Å². The third-order valence-corrected chi connectivity index (χ3v) is 6.93. The second-order valence-electron chi connectivity index (χ2n) is 8.73. The summed E-state index contributed by atoms with van der Waals surface area (Å²) in [6.45, 7) is 1.25. The number of nitrogens with zero attached hydrogens (tertiary/aromatic N) is 3. The SMILES string of the molecule is O=C(NCC1CC(c2ccncc2)=NO1)c1cc2ccccc2n1CC1CCC(Cl)CC1. The van der Waals surface area contributed by atoms with Gasteiger partial charge in [0.1, 0.15) is 11.8 Å². The molecule has 1 fully saturated rings. The topological polar surface area (TPSA) is 68.5 Å². The first-order valence-electron chi connectivity index (χ1n) is 11.3. The molecule has 0 spiro atoms. The molecule has 1 amide bonds. The molecule has 0 radical (unpaired) electrons. The van der Waals surface area contributed by atoms with Crippen molar-refractivity contribution in [2.75, 3.05) is 6.54 Å². The largest absolute Gasteiger partial charge is 0.390 e. The molecule has 3 aromatic rings. The molecule has 2 aromatic heterocycles. The van der Waals surface area contributed by atoms with Crippen LogP contribution in [0.5, 0.6) is 0 Å². The van der Waals surface area contributed by atoms with Crippen LogP contribution in [0.3, 0.4) is 0 Å². The van der Waals surface area contributed by atoms with Crippen molar-refractivity contribution < 1.29 is 9.63 Å². The van der Waals surface area contributed by atoms with Crippen molar-refractivity contribution in [2.24, 2.45) is 11.1 Å². The summed E-state index contributed by atoms with van der Waals surface area (Å²) in [6, 6.07) is 14.0. The van der Waals surface area contributed by atoms with E-state index in [2.05, 4.69) is 32.2 Å². The van der Waals surface area contributed by atoms with Gasteiger partial charge in [0.25, 0.3) is 5.91 Å². The molecule has 0 bridgehead atoms. The van der Waals surface area contributed by atoms with Crippen LogP contribution in [0.15, 0.2) is 60.0 Å². The van der Waals surface area contributed by atoms with Crippen molar-refractivity contribution >= 4 is 34.1 Å². The molecule has 0 saturated heterocycles. The van der Waals surface area contributed by atoms with E-state index in [9.17, 15) is 4.79 Å². The third kappa shape index (κ3) is 4.51. The zero-order valence-corrected chi connectivity index (χ0v) is 18.7. The first-order valence-corrected chi connectivity index (χ1v) is 11.7. The number of aromatic nitrogens is 2. The van der Waals surface area contributed by atoms with E-state index < -0.39 is 0 Å². The molecule has 1 aliphatic carbocycles. The van der Waals surface area contributed by atoms with Crippen molar-refractivity contribution in [3.63, 3.8) is 0 Å². The zero-order chi connectivity index (χ0) is 21.9. The number of halogens is 1. The van der Waals surface area contributed by atoms with E-state index in [-0.39, 0.29) is 12.0 Å². The first kappa shape index (κ1) is 21.0. The summed E-state index contributed by atoms with van der Waals surface area (Å²) in [5.74, 6) is 0.468. The van der Waals surface area contributed by atoms with Crippen molar-refractivity contribution in [1.29, 1.82) is 0 Å². The molecule has 1 N–H and O–H groups in total. The van der Waals surface area contributed by atoms with E-state index >= 15 is 0 Å². The number of carbonyl (C=O) groups is 1. The fraction of sp³-hybridized carbons (Fsp3) is 0.400. The number of carbonyl (C=O) groups excluding carboxylic acids is 1. The highest BCUT2D eigenvalue weighted by Crippen LogP contribution is 2.31. The van der Waals surface area contributed by atoms with E-state index in [4.69, 9.17) is 16.4 Å². The smallest absolute Gasteiger partial charge is 0.268 e. The highest BCUT2D eigenvalue weighted by molar-refractivity contribution is 6.20. The molecule has 1 aliphatic heterocycles. The fourth-order valence-corrected chi connectivity index (χ4v) is 4.96. The maximum Gasteiger partial charge on any atom is 0.268 e. The molecule has 32 heavy (non-hydrogen) atoms. The lowest BCUT2D eigenvalue weighted by Crippen LogP contribution is -2.34. The number of nitrogens with one attached hydrogen (secondary N) is 1. The van der Waals surface area contributed by atoms with Gasteiger partial charge in [0, 0.05) is 47.2 Å². The molecule has 2 aliphatic rings. The molecule has 1 aromatic carbocycles. The predicted molar refractivity (Wildman–Crippen MR) is 126 cm³/mol. The number of oxime groups is 1. The van der Waals surface area contributed by atoms with Gasteiger partial charge in [0.15, 0.2) is 0 Å². The van der Waals surface area contributed by atoms with Gasteiger partial charge in [0.05, 0.1) is 12.3 Å². The van der Waals surface area contributed by atoms with Crippen LogP contribution in [0.25, 0.3) is 10.9 Å². The summed E-state index contributed by atoms with van der Waals surface area (Å²) in [5.41, 5.74) is 3.69. The maximum atomic E-state index is 13.2. The van der Waals surface area contributed by atoms with E-state index in [1.807, 2.05) is 30.3 Å². The van der Waals surface area contributed by atoms with Crippen LogP contribution in [0.1, 0.15) is 48.2 Å². The van der Waals surface area contributed by atoms with E-state index in [1.54, 1.807) is 12.4 Å². The van der Waals surface area contributed by atoms with Crippen LogP contribution in [-0.2, 0) is 11.4 Å². The van der Waals surface area contributed by atoms with Gasteiger partial charge in [-0.25, -0.2) is 0 Å². The molecular weight excluding hydrogens is 424 g/mol. The van der Waals surface area contributed by atoms with Gasteiger partial charge in [-0.3, -0.25) is 9.78 Å². The number of fused-ring (bicyclic) bond motifs is 1. The lowest BCUT2D eigenvalue weighted by Gasteiger charge is -2.26. The fourth-order valence-electron chi connectivity index (χ4n) is 4.71. The number of hydrogen-bond acceptors (Lipinski definition) is 4. The molecule has 1 atom stereocenters. The zero-order valence-electron chi connectivity index (χ0n) is 17.9. The normalized spacial score (nSPS) is 23.0. The Morgan fingerprint density at radius 2 is 1.91 bits per heavy atom. The lowest BCUT2D eigenvalue weighted by atomic mass is 9.89. The minimum absolute atomic E-state index is 0.0757. The maximum absolute atomic E-state index is 13.2. The van der Waals surface area contributed by atoms with Gasteiger partial charge < -0.3 is 14.7 Å². The Kier molecular flexibility index (Phi) is 6.12. The number of alkyl halides is 1. The molecule has 5 rings (SSSR count). The third-order valence-electron chi connectivity index (χ3n) is 6.50. The van der Waals surface area contributed by atoms with Crippen molar-refractivity contribution in [3.05, 3.63) is 66.1 Å². The second kappa shape index (κ2) is 9.33. The molecule has 3 heterocycles. The monoisotopic (exact) mass is 450 g/mol. The second-order valence-corrected chi connectivity index (χ2v) is 9.35. The van der Waals surface area contributed by atoms with Crippen molar-refractivity contribution in [1.82, 2.24) is 14.9 Å². The molecule has 7 heteroatoms. The lowest BCUT2D eigenvalue weighted by molar-refractivity contribution is 0.0748. The predicted octanol–water partition coefficient (Wildman–Crippen LogP) is 4.76. The summed E-state index contributed by atoms with van der Waals surface area (Å²) in [6.07, 6.45) is 8.28. The van der Waals surface area contributed by atoms with Gasteiger partial charge in [0.2, 0.25) is 0 Å². The van der Waals surface area contributed by atoms with Crippen LogP contribution in [0.4, 0.5) is 0 Å². The molecule has 166 valence electrons. The minimum Gasteiger partial charge on any atom is -0.390 e.